The van der Waals surface area contributed by atoms with Crippen LogP contribution in [-0.4, -0.2) is 60.4 Å². The maximum atomic E-state index is 12.3. The molecule has 1 N–H and O–H groups in total. The minimum Gasteiger partial charge on any atom is -0.473 e. The largest absolute Gasteiger partial charge is 0.473 e. The zero-order chi connectivity index (χ0) is 23.1. The Morgan fingerprint density at radius 1 is 1.21 bits per heavy atom. The Balaban J connectivity index is 1.56. The second-order valence-corrected chi connectivity index (χ2v) is 8.51. The average molecular weight is 450 g/mol. The number of methoxy groups -OCH3 is 1. The molecule has 3 aromatic rings. The maximum absolute atomic E-state index is 12.3. The second-order valence-electron chi connectivity index (χ2n) is 8.51. The van der Waals surface area contributed by atoms with Crippen molar-refractivity contribution in [3.8, 4) is 5.88 Å². The number of rotatable bonds is 4. The van der Waals surface area contributed by atoms with E-state index >= 15 is 0 Å². The number of hydrogen-bond acceptors (Lipinski definition) is 9. The summed E-state index contributed by atoms with van der Waals surface area (Å²) in [4.78, 5) is 28.7. The standard InChI is InChI=1S/C24H27N5O4/c1-13-9-17(15(3)26-18-6-5-14(2)25-21(18)24(30)31-4)20-19(10-13)27-23-22(28-20)29-7-8-32-11-16(29)12-33-23/h5-6,9-10,15-16,26H,7-8,11-12H2,1-4H3/t15-,16+/m1/s1. The summed E-state index contributed by atoms with van der Waals surface area (Å²) in [5.41, 5.74) is 5.23. The molecule has 5 rings (SSSR count). The third-order valence-electron chi connectivity index (χ3n) is 6.06. The first kappa shape index (κ1) is 21.4. The smallest absolute Gasteiger partial charge is 0.358 e. The Kier molecular flexibility index (Phi) is 5.49. The van der Waals surface area contributed by atoms with E-state index < -0.39 is 5.97 Å². The molecular formula is C24H27N5O4. The molecule has 2 aromatic heterocycles. The molecule has 9 nitrogen and oxygen atoms in total. The van der Waals surface area contributed by atoms with E-state index in [0.29, 0.717) is 31.4 Å². The van der Waals surface area contributed by atoms with E-state index in [1.807, 2.05) is 39.0 Å². The number of hydrogen-bond donors (Lipinski definition) is 1. The van der Waals surface area contributed by atoms with Crippen molar-refractivity contribution in [2.45, 2.75) is 32.9 Å². The van der Waals surface area contributed by atoms with Crippen molar-refractivity contribution in [1.82, 2.24) is 15.0 Å². The normalized spacial score (nSPS) is 18.2. The Bertz CT molecular complexity index is 1230. The van der Waals surface area contributed by atoms with E-state index in [1.165, 1.54) is 7.11 Å². The molecule has 33 heavy (non-hydrogen) atoms. The molecule has 0 spiro atoms. The summed E-state index contributed by atoms with van der Waals surface area (Å²) in [6, 6.07) is 7.80. The monoisotopic (exact) mass is 449 g/mol. The molecule has 1 saturated heterocycles. The van der Waals surface area contributed by atoms with Crippen molar-refractivity contribution in [2.75, 3.05) is 43.7 Å². The first-order valence-electron chi connectivity index (χ1n) is 11.1. The number of carbonyl (C=O) groups is 1. The lowest BCUT2D eigenvalue weighted by Gasteiger charge is -2.39. The number of anilines is 2. The van der Waals surface area contributed by atoms with Crippen LogP contribution >= 0.6 is 0 Å². The van der Waals surface area contributed by atoms with Gasteiger partial charge >= 0.3 is 5.97 Å². The number of nitrogens with one attached hydrogen (secondary N) is 1. The summed E-state index contributed by atoms with van der Waals surface area (Å²) in [6.45, 7) is 8.48. The number of ether oxygens (including phenoxy) is 3. The molecule has 1 fully saturated rings. The van der Waals surface area contributed by atoms with E-state index in [0.717, 1.165) is 40.2 Å². The Morgan fingerprint density at radius 3 is 2.88 bits per heavy atom. The minimum atomic E-state index is -0.480. The van der Waals surface area contributed by atoms with Gasteiger partial charge in [-0.3, -0.25) is 0 Å². The van der Waals surface area contributed by atoms with Crippen LogP contribution in [0.15, 0.2) is 24.3 Å². The summed E-state index contributed by atoms with van der Waals surface area (Å²) in [7, 11) is 1.35. The van der Waals surface area contributed by atoms with Crippen molar-refractivity contribution >= 4 is 28.5 Å². The first-order valence-corrected chi connectivity index (χ1v) is 11.1. The van der Waals surface area contributed by atoms with Gasteiger partial charge in [-0.25, -0.2) is 19.7 Å². The lowest BCUT2D eigenvalue weighted by Crippen LogP contribution is -2.51. The summed E-state index contributed by atoms with van der Waals surface area (Å²) in [5.74, 6) is 0.840. The van der Waals surface area contributed by atoms with Crippen LogP contribution in [0.2, 0.25) is 0 Å². The van der Waals surface area contributed by atoms with Crippen LogP contribution in [0.4, 0.5) is 11.5 Å². The van der Waals surface area contributed by atoms with Crippen LogP contribution in [0.5, 0.6) is 5.88 Å². The molecule has 0 bridgehead atoms. The van der Waals surface area contributed by atoms with Gasteiger partial charge in [-0.2, -0.15) is 0 Å². The number of benzene rings is 1. The van der Waals surface area contributed by atoms with Gasteiger partial charge in [-0.1, -0.05) is 6.07 Å². The van der Waals surface area contributed by atoms with Gasteiger partial charge in [0.25, 0.3) is 5.88 Å². The summed E-state index contributed by atoms with van der Waals surface area (Å²) in [6.07, 6.45) is 0. The quantitative estimate of drug-likeness (QED) is 0.602. The van der Waals surface area contributed by atoms with Gasteiger partial charge in [0.1, 0.15) is 6.61 Å². The number of pyridine rings is 1. The Hall–Kier alpha value is -3.46. The fraction of sp³-hybridized carbons (Fsp3) is 0.417. The topological polar surface area (TPSA) is 98.7 Å². The number of morpholine rings is 1. The van der Waals surface area contributed by atoms with Crippen LogP contribution in [0, 0.1) is 13.8 Å². The highest BCUT2D eigenvalue weighted by Crippen LogP contribution is 2.36. The number of aryl methyl sites for hydroxylation is 2. The predicted octanol–water partition coefficient (Wildman–Crippen LogP) is 3.20. The fourth-order valence-corrected chi connectivity index (χ4v) is 4.40. The lowest BCUT2D eigenvalue weighted by molar-refractivity contribution is 0.0595. The van der Waals surface area contributed by atoms with Gasteiger partial charge in [0.15, 0.2) is 11.5 Å². The first-order chi connectivity index (χ1) is 15.9. The lowest BCUT2D eigenvalue weighted by atomic mass is 10.0. The molecule has 0 saturated carbocycles. The van der Waals surface area contributed by atoms with Gasteiger partial charge in [-0.15, -0.1) is 0 Å². The molecule has 0 unspecified atom stereocenters. The molecule has 2 aliphatic heterocycles. The van der Waals surface area contributed by atoms with Crippen LogP contribution < -0.4 is 15.0 Å². The molecule has 0 aliphatic carbocycles. The van der Waals surface area contributed by atoms with E-state index in [-0.39, 0.29) is 17.8 Å². The van der Waals surface area contributed by atoms with E-state index in [4.69, 9.17) is 24.2 Å². The highest BCUT2D eigenvalue weighted by atomic mass is 16.5. The zero-order valence-electron chi connectivity index (χ0n) is 19.2. The molecule has 2 atom stereocenters. The van der Waals surface area contributed by atoms with Gasteiger partial charge in [0.05, 0.1) is 49.1 Å². The third kappa shape index (κ3) is 3.93. The number of fused-ring (bicyclic) bond motifs is 4. The fourth-order valence-electron chi connectivity index (χ4n) is 4.40. The summed E-state index contributed by atoms with van der Waals surface area (Å²) >= 11 is 0. The van der Waals surface area contributed by atoms with Crippen molar-refractivity contribution in [1.29, 1.82) is 0 Å². The van der Waals surface area contributed by atoms with Crippen molar-refractivity contribution in [3.63, 3.8) is 0 Å². The van der Waals surface area contributed by atoms with E-state index in [9.17, 15) is 4.79 Å². The van der Waals surface area contributed by atoms with Crippen LogP contribution in [0.25, 0.3) is 11.0 Å². The van der Waals surface area contributed by atoms with E-state index in [2.05, 4.69) is 21.3 Å². The Morgan fingerprint density at radius 2 is 2.06 bits per heavy atom. The van der Waals surface area contributed by atoms with Crippen LogP contribution in [0.1, 0.15) is 40.3 Å². The number of aromatic nitrogens is 3. The van der Waals surface area contributed by atoms with Crippen molar-refractivity contribution < 1.29 is 19.0 Å². The second kappa shape index (κ2) is 8.47. The van der Waals surface area contributed by atoms with Gasteiger partial charge in [-0.05, 0) is 44.5 Å². The van der Waals surface area contributed by atoms with Gasteiger partial charge in [0.2, 0.25) is 0 Å². The van der Waals surface area contributed by atoms with Crippen molar-refractivity contribution in [2.24, 2.45) is 0 Å². The third-order valence-corrected chi connectivity index (χ3v) is 6.06. The molecule has 9 heteroatoms. The van der Waals surface area contributed by atoms with Gasteiger partial charge < -0.3 is 24.4 Å². The van der Waals surface area contributed by atoms with Crippen molar-refractivity contribution in [3.05, 3.63) is 46.8 Å². The molecular weight excluding hydrogens is 422 g/mol. The van der Waals surface area contributed by atoms with Crippen LogP contribution in [0.3, 0.4) is 0 Å². The summed E-state index contributed by atoms with van der Waals surface area (Å²) in [5, 5.41) is 3.43. The maximum Gasteiger partial charge on any atom is 0.358 e. The molecule has 172 valence electrons. The molecule has 4 heterocycles. The highest BCUT2D eigenvalue weighted by molar-refractivity contribution is 5.93. The van der Waals surface area contributed by atoms with Gasteiger partial charge in [0, 0.05) is 17.8 Å². The molecule has 0 radical (unpaired) electrons. The predicted molar refractivity (Wildman–Crippen MR) is 124 cm³/mol. The number of esters is 1. The highest BCUT2D eigenvalue weighted by Gasteiger charge is 2.33. The van der Waals surface area contributed by atoms with E-state index in [1.54, 1.807) is 0 Å². The SMILES string of the molecule is COC(=O)c1nc(C)ccc1N[C@H](C)c1cc(C)cc2nc3c(nc12)N1CCOC[C@H]1CO3. The minimum absolute atomic E-state index is 0.142. The number of carbonyl (C=O) groups excluding carboxylic acids is 1. The average Bonchev–Trinajstić information content (AvgIpc) is 2.82. The zero-order valence-corrected chi connectivity index (χ0v) is 19.2. The molecule has 2 aliphatic rings. The summed E-state index contributed by atoms with van der Waals surface area (Å²) < 4.78 is 16.5. The molecule has 1 aromatic carbocycles. The van der Waals surface area contributed by atoms with Crippen LogP contribution in [-0.2, 0) is 9.47 Å². The Labute approximate surface area is 192 Å². The molecule has 0 amide bonds. The number of nitrogens with zero attached hydrogens (tertiary/aromatic N) is 4.